The van der Waals surface area contributed by atoms with Gasteiger partial charge in [0.15, 0.2) is 0 Å². The van der Waals surface area contributed by atoms with Crippen LogP contribution in [0.5, 0.6) is 5.75 Å². The molecule has 2 aromatic carbocycles. The molecule has 0 aliphatic heterocycles. The fourth-order valence-electron chi connectivity index (χ4n) is 3.32. The molecule has 0 radical (unpaired) electrons. The maximum Gasteiger partial charge on any atom is 0.417 e. The minimum atomic E-state index is -0.488. The fourth-order valence-corrected chi connectivity index (χ4v) is 3.32. The van der Waals surface area contributed by atoms with Crippen LogP contribution in [0.3, 0.4) is 0 Å². The van der Waals surface area contributed by atoms with E-state index < -0.39 is 6.09 Å². The number of carbonyl (C=O) groups is 1. The molecular formula is C24H32N2O2. The number of hydrogen-bond donors (Lipinski definition) is 1. The molecule has 2 rings (SSSR count). The first-order valence-electron chi connectivity index (χ1n) is 9.80. The van der Waals surface area contributed by atoms with Gasteiger partial charge in [-0.05, 0) is 73.8 Å². The smallest absolute Gasteiger partial charge is 0.410 e. The zero-order chi connectivity index (χ0) is 20.7. The van der Waals surface area contributed by atoms with Crippen LogP contribution in [0.1, 0.15) is 44.7 Å². The van der Waals surface area contributed by atoms with Crippen molar-refractivity contribution in [3.8, 4) is 5.75 Å². The minimum Gasteiger partial charge on any atom is -0.410 e. The number of ether oxygens (including phenoxy) is 1. The molecule has 1 atom stereocenters. The van der Waals surface area contributed by atoms with E-state index in [2.05, 4.69) is 57.2 Å². The molecule has 0 fully saturated rings. The highest BCUT2D eigenvalue weighted by molar-refractivity contribution is 5.86. The van der Waals surface area contributed by atoms with E-state index in [-0.39, 0.29) is 0 Å². The van der Waals surface area contributed by atoms with Gasteiger partial charge < -0.3 is 9.64 Å². The van der Waals surface area contributed by atoms with Crippen LogP contribution in [-0.2, 0) is 0 Å². The molecule has 0 heterocycles. The second-order valence-electron chi connectivity index (χ2n) is 7.73. The van der Waals surface area contributed by atoms with Crippen molar-refractivity contribution in [2.45, 2.75) is 33.6 Å². The lowest BCUT2D eigenvalue weighted by Gasteiger charge is -2.20. The van der Waals surface area contributed by atoms with Crippen LogP contribution in [0.15, 0.2) is 54.6 Å². The van der Waals surface area contributed by atoms with Gasteiger partial charge in [0, 0.05) is 12.2 Å². The normalized spacial score (nSPS) is 12.9. The van der Waals surface area contributed by atoms with Crippen LogP contribution in [0.2, 0.25) is 0 Å². The van der Waals surface area contributed by atoms with E-state index in [1.807, 2.05) is 43.3 Å². The molecule has 0 saturated carbocycles. The van der Waals surface area contributed by atoms with Crippen molar-refractivity contribution in [3.05, 3.63) is 65.7 Å². The Morgan fingerprint density at radius 3 is 2.36 bits per heavy atom. The standard InChI is InChI=1S/C24H32N2O2/c1-7-23(18(4)16-26(5)6)20-9-8-10-22(15-20)28-24(27)25-21-13-11-19(12-14-21)17(2)3/h7-15,17-18H,16H2,1-6H3,(H,25,27)/b23-7+/t18-/m0/s1. The fraction of sp³-hybridized carbons (Fsp3) is 0.375. The molecule has 0 aromatic heterocycles. The van der Waals surface area contributed by atoms with Gasteiger partial charge in [-0.2, -0.15) is 0 Å². The summed E-state index contributed by atoms with van der Waals surface area (Å²) in [4.78, 5) is 14.4. The molecule has 150 valence electrons. The number of allylic oxidation sites excluding steroid dienone is 1. The second kappa shape index (κ2) is 10.1. The predicted octanol–water partition coefficient (Wildman–Crippen LogP) is 6.02. The van der Waals surface area contributed by atoms with E-state index in [0.29, 0.717) is 17.6 Å². The number of carbonyl (C=O) groups excluding carboxylic acids is 1. The highest BCUT2D eigenvalue weighted by atomic mass is 16.6. The SMILES string of the molecule is C/C=C(/c1cccc(OC(=O)Nc2ccc(C(C)C)cc2)c1)[C@@H](C)CN(C)C. The number of nitrogens with one attached hydrogen (secondary N) is 1. The Morgan fingerprint density at radius 2 is 1.79 bits per heavy atom. The van der Waals surface area contributed by atoms with E-state index in [4.69, 9.17) is 4.74 Å². The van der Waals surface area contributed by atoms with Crippen molar-refractivity contribution in [2.24, 2.45) is 5.92 Å². The Labute approximate surface area is 169 Å². The third kappa shape index (κ3) is 6.24. The van der Waals surface area contributed by atoms with Crippen LogP contribution >= 0.6 is 0 Å². The summed E-state index contributed by atoms with van der Waals surface area (Å²) in [6.07, 6.45) is 1.64. The topological polar surface area (TPSA) is 41.6 Å². The van der Waals surface area contributed by atoms with E-state index in [0.717, 1.165) is 17.8 Å². The summed E-state index contributed by atoms with van der Waals surface area (Å²) in [5, 5.41) is 2.79. The van der Waals surface area contributed by atoms with Gasteiger partial charge in [-0.15, -0.1) is 0 Å². The molecule has 0 unspecified atom stereocenters. The van der Waals surface area contributed by atoms with Crippen molar-refractivity contribution in [1.82, 2.24) is 4.90 Å². The molecule has 28 heavy (non-hydrogen) atoms. The molecular weight excluding hydrogens is 348 g/mol. The van der Waals surface area contributed by atoms with Gasteiger partial charge in [-0.1, -0.05) is 51.1 Å². The zero-order valence-corrected chi connectivity index (χ0v) is 17.8. The van der Waals surface area contributed by atoms with Gasteiger partial charge >= 0.3 is 6.09 Å². The van der Waals surface area contributed by atoms with Gasteiger partial charge in [0.1, 0.15) is 5.75 Å². The Kier molecular flexibility index (Phi) is 7.82. The maximum atomic E-state index is 12.3. The van der Waals surface area contributed by atoms with Gasteiger partial charge in [-0.3, -0.25) is 5.32 Å². The van der Waals surface area contributed by atoms with Gasteiger partial charge in [0.05, 0.1) is 0 Å². The third-order valence-corrected chi connectivity index (χ3v) is 4.68. The average Bonchev–Trinajstić information content (AvgIpc) is 2.62. The van der Waals surface area contributed by atoms with Crippen molar-refractivity contribution < 1.29 is 9.53 Å². The zero-order valence-electron chi connectivity index (χ0n) is 17.8. The lowest BCUT2D eigenvalue weighted by molar-refractivity contribution is 0.215. The van der Waals surface area contributed by atoms with Gasteiger partial charge in [-0.25, -0.2) is 4.79 Å². The van der Waals surface area contributed by atoms with Crippen molar-refractivity contribution in [1.29, 1.82) is 0 Å². The molecule has 4 nitrogen and oxygen atoms in total. The lowest BCUT2D eigenvalue weighted by atomic mass is 9.93. The Bertz CT molecular complexity index is 808. The molecule has 1 N–H and O–H groups in total. The molecule has 1 amide bonds. The first-order chi connectivity index (χ1) is 13.3. The highest BCUT2D eigenvalue weighted by Crippen LogP contribution is 2.27. The first kappa shape index (κ1) is 21.7. The monoisotopic (exact) mass is 380 g/mol. The first-order valence-corrected chi connectivity index (χ1v) is 9.80. The quantitative estimate of drug-likeness (QED) is 0.638. The van der Waals surface area contributed by atoms with Crippen LogP contribution in [0, 0.1) is 5.92 Å². The molecule has 0 aliphatic rings. The summed E-state index contributed by atoms with van der Waals surface area (Å²) in [6.45, 7) is 9.49. The largest absolute Gasteiger partial charge is 0.417 e. The van der Waals surface area contributed by atoms with Gasteiger partial charge in [0.25, 0.3) is 0 Å². The number of benzene rings is 2. The van der Waals surface area contributed by atoms with Crippen molar-refractivity contribution >= 4 is 17.4 Å². The summed E-state index contributed by atoms with van der Waals surface area (Å²) >= 11 is 0. The number of nitrogens with zero attached hydrogens (tertiary/aromatic N) is 1. The molecule has 2 aromatic rings. The molecule has 0 saturated heterocycles. The Morgan fingerprint density at radius 1 is 1.11 bits per heavy atom. The second-order valence-corrected chi connectivity index (χ2v) is 7.73. The van der Waals surface area contributed by atoms with E-state index in [1.165, 1.54) is 11.1 Å². The minimum absolute atomic E-state index is 0.378. The summed E-state index contributed by atoms with van der Waals surface area (Å²) in [5.41, 5.74) is 4.27. The Hall–Kier alpha value is -2.59. The molecule has 0 bridgehead atoms. The van der Waals surface area contributed by atoms with E-state index in [1.54, 1.807) is 6.07 Å². The van der Waals surface area contributed by atoms with Crippen LogP contribution < -0.4 is 10.1 Å². The highest BCUT2D eigenvalue weighted by Gasteiger charge is 2.13. The predicted molar refractivity (Wildman–Crippen MR) is 118 cm³/mol. The van der Waals surface area contributed by atoms with E-state index in [9.17, 15) is 4.79 Å². The number of amides is 1. The Balaban J connectivity index is 2.06. The maximum absolute atomic E-state index is 12.3. The third-order valence-electron chi connectivity index (χ3n) is 4.68. The summed E-state index contributed by atoms with van der Waals surface area (Å²) in [5.74, 6) is 1.37. The lowest BCUT2D eigenvalue weighted by Crippen LogP contribution is -2.20. The van der Waals surface area contributed by atoms with Crippen LogP contribution in [0.4, 0.5) is 10.5 Å². The van der Waals surface area contributed by atoms with Crippen molar-refractivity contribution in [2.75, 3.05) is 26.0 Å². The summed E-state index contributed by atoms with van der Waals surface area (Å²) < 4.78 is 5.50. The van der Waals surface area contributed by atoms with Gasteiger partial charge in [0.2, 0.25) is 0 Å². The van der Waals surface area contributed by atoms with Crippen LogP contribution in [-0.4, -0.2) is 31.6 Å². The number of rotatable bonds is 7. The van der Waals surface area contributed by atoms with E-state index >= 15 is 0 Å². The molecule has 0 aliphatic carbocycles. The van der Waals surface area contributed by atoms with Crippen molar-refractivity contribution in [3.63, 3.8) is 0 Å². The number of anilines is 1. The molecule has 0 spiro atoms. The average molecular weight is 381 g/mol. The molecule has 4 heteroatoms. The summed E-state index contributed by atoms with van der Waals surface area (Å²) in [7, 11) is 4.14. The van der Waals surface area contributed by atoms with Crippen LogP contribution in [0.25, 0.3) is 5.57 Å². The number of hydrogen-bond acceptors (Lipinski definition) is 3. The summed E-state index contributed by atoms with van der Waals surface area (Å²) in [6, 6.07) is 15.5.